The monoisotopic (exact) mass is 327 g/mol. The van der Waals surface area contributed by atoms with E-state index in [0.717, 1.165) is 16.7 Å². The topological polar surface area (TPSA) is 38.3 Å². The van der Waals surface area contributed by atoms with Gasteiger partial charge in [-0.15, -0.1) is 0 Å². The highest BCUT2D eigenvalue weighted by Gasteiger charge is 2.06. The van der Waals surface area contributed by atoms with Crippen LogP contribution in [-0.2, 0) is 22.6 Å². The van der Waals surface area contributed by atoms with Gasteiger partial charge >= 0.3 is 5.97 Å². The van der Waals surface area contributed by atoms with E-state index in [9.17, 15) is 4.79 Å². The molecule has 0 spiro atoms. The van der Waals surface area contributed by atoms with E-state index in [2.05, 4.69) is 31.3 Å². The molecule has 0 aromatic heterocycles. The standard InChI is InChI=1S/C19H22O2.C2H7N/c1-14(2)18-9-7-16(8-10-18)13-21-19(20)12-17-6-4-5-15(3)11-17;1-3-2/h4-11,14H,12-13H2,1-3H3;3H,1-2H3. The van der Waals surface area contributed by atoms with Gasteiger partial charge in [-0.25, -0.2) is 0 Å². The van der Waals surface area contributed by atoms with E-state index in [4.69, 9.17) is 4.74 Å². The van der Waals surface area contributed by atoms with Gasteiger partial charge < -0.3 is 10.1 Å². The molecule has 24 heavy (non-hydrogen) atoms. The van der Waals surface area contributed by atoms with Gasteiger partial charge in [0.15, 0.2) is 0 Å². The molecule has 0 atom stereocenters. The highest BCUT2D eigenvalue weighted by Crippen LogP contribution is 2.15. The Morgan fingerprint density at radius 1 is 1.04 bits per heavy atom. The highest BCUT2D eigenvalue weighted by atomic mass is 16.5. The molecule has 0 heterocycles. The zero-order valence-electron chi connectivity index (χ0n) is 15.4. The van der Waals surface area contributed by atoms with E-state index in [-0.39, 0.29) is 5.97 Å². The summed E-state index contributed by atoms with van der Waals surface area (Å²) in [6.45, 7) is 6.68. The summed E-state index contributed by atoms with van der Waals surface area (Å²) in [5.41, 5.74) is 4.47. The molecule has 1 N–H and O–H groups in total. The van der Waals surface area contributed by atoms with Crippen molar-refractivity contribution in [2.24, 2.45) is 0 Å². The third-order valence-corrected chi connectivity index (χ3v) is 3.48. The van der Waals surface area contributed by atoms with Crippen LogP contribution < -0.4 is 5.32 Å². The molecule has 0 aliphatic rings. The quantitative estimate of drug-likeness (QED) is 0.835. The van der Waals surface area contributed by atoms with Crippen LogP contribution in [0.2, 0.25) is 0 Å². The Kier molecular flexibility index (Phi) is 8.80. The molecule has 0 bridgehead atoms. The molecule has 2 aromatic carbocycles. The second kappa shape index (κ2) is 10.6. The van der Waals surface area contributed by atoms with Gasteiger partial charge in [0.2, 0.25) is 0 Å². The largest absolute Gasteiger partial charge is 0.461 e. The first kappa shape index (κ1) is 19.9. The van der Waals surface area contributed by atoms with Crippen molar-refractivity contribution in [2.45, 2.75) is 39.7 Å². The van der Waals surface area contributed by atoms with Crippen LogP contribution in [0.15, 0.2) is 48.5 Å². The van der Waals surface area contributed by atoms with Crippen molar-refractivity contribution < 1.29 is 9.53 Å². The maximum atomic E-state index is 11.9. The average molecular weight is 327 g/mol. The molecule has 0 unspecified atom stereocenters. The van der Waals surface area contributed by atoms with Gasteiger partial charge in [0.25, 0.3) is 0 Å². The third kappa shape index (κ3) is 7.42. The van der Waals surface area contributed by atoms with Crippen molar-refractivity contribution >= 4 is 5.97 Å². The Balaban J connectivity index is 0.000000891. The lowest BCUT2D eigenvalue weighted by Crippen LogP contribution is -2.08. The Morgan fingerprint density at radius 2 is 1.67 bits per heavy atom. The fourth-order valence-electron chi connectivity index (χ4n) is 2.20. The van der Waals surface area contributed by atoms with Crippen LogP contribution in [0.1, 0.15) is 42.0 Å². The number of carbonyl (C=O) groups is 1. The van der Waals surface area contributed by atoms with Gasteiger partial charge in [-0.1, -0.05) is 67.9 Å². The smallest absolute Gasteiger partial charge is 0.310 e. The number of hydrogen-bond donors (Lipinski definition) is 1. The van der Waals surface area contributed by atoms with Crippen molar-refractivity contribution in [3.05, 3.63) is 70.8 Å². The molecule has 0 saturated carbocycles. The lowest BCUT2D eigenvalue weighted by atomic mass is 10.0. The highest BCUT2D eigenvalue weighted by molar-refractivity contribution is 5.72. The van der Waals surface area contributed by atoms with Crippen LogP contribution in [0.3, 0.4) is 0 Å². The summed E-state index contributed by atoms with van der Waals surface area (Å²) in [5.74, 6) is 0.330. The molecule has 0 fully saturated rings. The molecular formula is C21H29NO2. The SMILES string of the molecule is CNC.Cc1cccc(CC(=O)OCc2ccc(C(C)C)cc2)c1. The van der Waals surface area contributed by atoms with Crippen LogP contribution in [-0.4, -0.2) is 20.1 Å². The molecule has 2 aromatic rings. The Bertz CT molecular complexity index is 618. The predicted molar refractivity (Wildman–Crippen MR) is 100 cm³/mol. The zero-order chi connectivity index (χ0) is 17.9. The summed E-state index contributed by atoms with van der Waals surface area (Å²) in [7, 11) is 3.75. The number of ether oxygens (including phenoxy) is 1. The van der Waals surface area contributed by atoms with Gasteiger partial charge in [-0.3, -0.25) is 4.79 Å². The second-order valence-corrected chi connectivity index (χ2v) is 6.22. The molecule has 2 rings (SSSR count). The van der Waals surface area contributed by atoms with Crippen molar-refractivity contribution in [1.82, 2.24) is 5.32 Å². The Hall–Kier alpha value is -2.13. The normalized spacial score (nSPS) is 10.1. The van der Waals surface area contributed by atoms with Gasteiger partial charge in [0.05, 0.1) is 6.42 Å². The van der Waals surface area contributed by atoms with Crippen LogP contribution in [0.25, 0.3) is 0 Å². The molecule has 0 amide bonds. The molecular weight excluding hydrogens is 298 g/mol. The summed E-state index contributed by atoms with van der Waals surface area (Å²) in [6, 6.07) is 16.2. The van der Waals surface area contributed by atoms with Gasteiger partial charge in [0, 0.05) is 0 Å². The molecule has 0 radical (unpaired) electrons. The fourth-order valence-corrected chi connectivity index (χ4v) is 2.20. The van der Waals surface area contributed by atoms with Gasteiger partial charge in [0.1, 0.15) is 6.61 Å². The fraction of sp³-hybridized carbons (Fsp3) is 0.381. The van der Waals surface area contributed by atoms with Crippen LogP contribution in [0, 0.1) is 6.92 Å². The van der Waals surface area contributed by atoms with Gasteiger partial charge in [-0.05, 0) is 43.6 Å². The molecule has 0 aliphatic carbocycles. The zero-order valence-corrected chi connectivity index (χ0v) is 15.4. The van der Waals surface area contributed by atoms with E-state index >= 15 is 0 Å². The van der Waals surface area contributed by atoms with E-state index in [1.807, 2.05) is 57.4 Å². The summed E-state index contributed by atoms with van der Waals surface area (Å²) < 4.78 is 5.33. The number of hydrogen-bond acceptors (Lipinski definition) is 3. The van der Waals surface area contributed by atoms with Gasteiger partial charge in [-0.2, -0.15) is 0 Å². The number of carbonyl (C=O) groups excluding carboxylic acids is 1. The molecule has 130 valence electrons. The molecule has 0 aliphatic heterocycles. The van der Waals surface area contributed by atoms with Crippen molar-refractivity contribution in [2.75, 3.05) is 14.1 Å². The number of aryl methyl sites for hydroxylation is 1. The second-order valence-electron chi connectivity index (χ2n) is 6.22. The first-order valence-corrected chi connectivity index (χ1v) is 8.34. The average Bonchev–Trinajstić information content (AvgIpc) is 2.54. The number of benzene rings is 2. The first-order chi connectivity index (χ1) is 11.5. The summed E-state index contributed by atoms with van der Waals surface area (Å²) in [5, 5.41) is 2.75. The maximum Gasteiger partial charge on any atom is 0.310 e. The number of nitrogens with one attached hydrogen (secondary N) is 1. The molecule has 3 nitrogen and oxygen atoms in total. The van der Waals surface area contributed by atoms with E-state index in [1.54, 1.807) is 0 Å². The van der Waals surface area contributed by atoms with E-state index in [0.29, 0.717) is 18.9 Å². The Labute approximate surface area is 146 Å². The third-order valence-electron chi connectivity index (χ3n) is 3.48. The summed E-state index contributed by atoms with van der Waals surface area (Å²) in [4.78, 5) is 11.9. The lowest BCUT2D eigenvalue weighted by molar-refractivity contribution is -0.144. The minimum atomic E-state index is -0.187. The predicted octanol–water partition coefficient (Wildman–Crippen LogP) is 4.24. The minimum absolute atomic E-state index is 0.187. The first-order valence-electron chi connectivity index (χ1n) is 8.34. The molecule has 0 saturated heterocycles. The van der Waals surface area contributed by atoms with E-state index in [1.165, 1.54) is 5.56 Å². The lowest BCUT2D eigenvalue weighted by Gasteiger charge is -2.08. The molecule has 3 heteroatoms. The van der Waals surface area contributed by atoms with E-state index < -0.39 is 0 Å². The number of rotatable bonds is 5. The van der Waals surface area contributed by atoms with Crippen molar-refractivity contribution in [3.63, 3.8) is 0 Å². The maximum absolute atomic E-state index is 11.9. The number of esters is 1. The van der Waals surface area contributed by atoms with Crippen LogP contribution in [0.5, 0.6) is 0 Å². The van der Waals surface area contributed by atoms with Crippen molar-refractivity contribution in [3.8, 4) is 0 Å². The summed E-state index contributed by atoms with van der Waals surface area (Å²) >= 11 is 0. The van der Waals surface area contributed by atoms with Crippen LogP contribution >= 0.6 is 0 Å². The minimum Gasteiger partial charge on any atom is -0.461 e. The van der Waals surface area contributed by atoms with Crippen molar-refractivity contribution in [1.29, 1.82) is 0 Å². The Morgan fingerprint density at radius 3 is 2.21 bits per heavy atom. The summed E-state index contributed by atoms with van der Waals surface area (Å²) in [6.07, 6.45) is 0.325. The van der Waals surface area contributed by atoms with Crippen LogP contribution in [0.4, 0.5) is 0 Å².